The van der Waals surface area contributed by atoms with E-state index in [1.807, 2.05) is 18.2 Å². The second kappa shape index (κ2) is 6.95. The molecule has 9 heteroatoms. The van der Waals surface area contributed by atoms with Crippen LogP contribution < -0.4 is 5.73 Å². The Balaban J connectivity index is 1.54. The van der Waals surface area contributed by atoms with Gasteiger partial charge in [-0.2, -0.15) is 5.10 Å². The number of benzene rings is 1. The molecule has 0 aliphatic heterocycles. The van der Waals surface area contributed by atoms with Gasteiger partial charge in [-0.15, -0.1) is 0 Å². The lowest BCUT2D eigenvalue weighted by Crippen LogP contribution is -1.90. The highest BCUT2D eigenvalue weighted by molar-refractivity contribution is 5.97. The van der Waals surface area contributed by atoms with Gasteiger partial charge < -0.3 is 10.7 Å². The molecule has 5 heterocycles. The monoisotopic (exact) mass is 422 g/mol. The maximum atomic E-state index is 14.8. The van der Waals surface area contributed by atoms with Crippen molar-refractivity contribution in [2.24, 2.45) is 0 Å². The molecule has 0 bridgehead atoms. The number of imidazole rings is 1. The number of nitrogen functional groups attached to an aromatic ring is 1. The van der Waals surface area contributed by atoms with E-state index in [-0.39, 0.29) is 0 Å². The van der Waals surface area contributed by atoms with Crippen LogP contribution in [-0.4, -0.2) is 35.1 Å². The van der Waals surface area contributed by atoms with Crippen LogP contribution in [0.15, 0.2) is 67.4 Å². The third-order valence-corrected chi connectivity index (χ3v) is 5.28. The van der Waals surface area contributed by atoms with Crippen molar-refractivity contribution in [1.82, 2.24) is 35.1 Å². The molecule has 0 spiro atoms. The smallest absolute Gasteiger partial charge is 0.159 e. The van der Waals surface area contributed by atoms with Crippen molar-refractivity contribution in [3.05, 3.63) is 73.2 Å². The maximum absolute atomic E-state index is 14.8. The molecule has 0 saturated heterocycles. The molecule has 0 aliphatic rings. The average Bonchev–Trinajstić information content (AvgIpc) is 3.42. The molecular weight excluding hydrogens is 407 g/mol. The van der Waals surface area contributed by atoms with E-state index in [4.69, 9.17) is 10.7 Å². The first-order chi connectivity index (χ1) is 15.7. The molecule has 4 N–H and O–H groups in total. The van der Waals surface area contributed by atoms with Gasteiger partial charge in [0, 0.05) is 59.1 Å². The molecule has 0 saturated carbocycles. The fourth-order valence-electron chi connectivity index (χ4n) is 3.81. The van der Waals surface area contributed by atoms with E-state index in [0.717, 1.165) is 22.2 Å². The van der Waals surface area contributed by atoms with Gasteiger partial charge in [-0.25, -0.2) is 9.37 Å². The Bertz CT molecular complexity index is 1600. The maximum Gasteiger partial charge on any atom is 0.159 e. The quantitative estimate of drug-likeness (QED) is 0.390. The summed E-state index contributed by atoms with van der Waals surface area (Å²) in [5, 5.41) is 8.01. The van der Waals surface area contributed by atoms with E-state index in [2.05, 4.69) is 30.1 Å². The Morgan fingerprint density at radius 3 is 2.62 bits per heavy atom. The molecule has 32 heavy (non-hydrogen) atoms. The number of fused-ring (bicyclic) bond motifs is 2. The Kier molecular flexibility index (Phi) is 3.94. The number of nitrogens with two attached hydrogens (primary N) is 1. The summed E-state index contributed by atoms with van der Waals surface area (Å²) < 4.78 is 14.8. The molecule has 154 valence electrons. The van der Waals surface area contributed by atoms with Crippen LogP contribution in [0, 0.1) is 5.82 Å². The van der Waals surface area contributed by atoms with Gasteiger partial charge in [0.1, 0.15) is 17.0 Å². The zero-order valence-corrected chi connectivity index (χ0v) is 16.5. The van der Waals surface area contributed by atoms with Gasteiger partial charge in [0.2, 0.25) is 0 Å². The first-order valence-corrected chi connectivity index (χ1v) is 9.81. The van der Waals surface area contributed by atoms with Gasteiger partial charge in [0.15, 0.2) is 5.82 Å². The number of hydrogen-bond acceptors (Lipinski definition) is 6. The number of H-pyrrole nitrogens is 2. The van der Waals surface area contributed by atoms with Crippen molar-refractivity contribution in [3.8, 4) is 33.9 Å². The summed E-state index contributed by atoms with van der Waals surface area (Å²) in [6, 6.07) is 10.5. The summed E-state index contributed by atoms with van der Waals surface area (Å²) >= 11 is 0. The SMILES string of the molecule is Nc1cncc(-c2cc3c(-c4nc5c(-c6cccnc6)nccc5[nH]4)n[nH]c3cc2F)c1. The molecule has 1 aromatic carbocycles. The molecule has 0 radical (unpaired) electrons. The van der Waals surface area contributed by atoms with E-state index in [0.29, 0.717) is 39.4 Å². The third kappa shape index (κ3) is 2.87. The van der Waals surface area contributed by atoms with Crippen LogP contribution in [-0.2, 0) is 0 Å². The summed E-state index contributed by atoms with van der Waals surface area (Å²) in [5.74, 6) is 0.153. The molecule has 0 fully saturated rings. The van der Waals surface area contributed by atoms with Gasteiger partial charge in [0.25, 0.3) is 0 Å². The van der Waals surface area contributed by atoms with E-state index < -0.39 is 5.82 Å². The first-order valence-electron chi connectivity index (χ1n) is 9.81. The fourth-order valence-corrected chi connectivity index (χ4v) is 3.81. The summed E-state index contributed by atoms with van der Waals surface area (Å²) in [6.45, 7) is 0. The lowest BCUT2D eigenvalue weighted by Gasteiger charge is -2.05. The minimum atomic E-state index is -0.396. The number of hydrogen-bond donors (Lipinski definition) is 3. The van der Waals surface area contributed by atoms with Crippen molar-refractivity contribution in [2.45, 2.75) is 0 Å². The van der Waals surface area contributed by atoms with Crippen molar-refractivity contribution in [3.63, 3.8) is 0 Å². The Hall–Kier alpha value is -4.66. The van der Waals surface area contributed by atoms with E-state index >= 15 is 0 Å². The number of nitrogens with one attached hydrogen (secondary N) is 2. The highest BCUT2D eigenvalue weighted by atomic mass is 19.1. The van der Waals surface area contributed by atoms with E-state index in [9.17, 15) is 4.39 Å². The number of rotatable bonds is 3. The Morgan fingerprint density at radius 2 is 1.78 bits per heavy atom. The molecule has 0 amide bonds. The van der Waals surface area contributed by atoms with Crippen LogP contribution in [0.5, 0.6) is 0 Å². The molecule has 5 aromatic heterocycles. The molecule has 6 aromatic rings. The standard InChI is InChI=1S/C23H15FN8/c24-17-8-19-16(7-15(17)13-6-14(25)11-27-10-13)21(32-31-19)23-29-18-3-5-28-20(22(18)30-23)12-2-1-4-26-9-12/h1-11H,25H2,(H,29,30)(H,31,32). The Labute approximate surface area is 180 Å². The molecule has 6 rings (SSSR count). The number of nitrogens with zero attached hydrogens (tertiary/aromatic N) is 5. The summed E-state index contributed by atoms with van der Waals surface area (Å²) in [4.78, 5) is 20.8. The van der Waals surface area contributed by atoms with Crippen LogP contribution in [0.4, 0.5) is 10.1 Å². The minimum Gasteiger partial charge on any atom is -0.397 e. The number of halogens is 1. The molecule has 8 nitrogen and oxygen atoms in total. The largest absolute Gasteiger partial charge is 0.397 e. The highest BCUT2D eigenvalue weighted by Gasteiger charge is 2.18. The summed E-state index contributed by atoms with van der Waals surface area (Å²) in [6.07, 6.45) is 8.27. The van der Waals surface area contributed by atoms with Gasteiger partial charge >= 0.3 is 0 Å². The summed E-state index contributed by atoms with van der Waals surface area (Å²) in [7, 11) is 0. The van der Waals surface area contributed by atoms with Crippen LogP contribution in [0.1, 0.15) is 0 Å². The number of aromatic nitrogens is 7. The van der Waals surface area contributed by atoms with Gasteiger partial charge in [-0.1, -0.05) is 0 Å². The molecule has 0 unspecified atom stereocenters. The lowest BCUT2D eigenvalue weighted by molar-refractivity contribution is 0.633. The van der Waals surface area contributed by atoms with Crippen molar-refractivity contribution >= 4 is 27.6 Å². The van der Waals surface area contributed by atoms with Gasteiger partial charge in [-0.3, -0.25) is 20.1 Å². The molecule has 0 aliphatic carbocycles. The Morgan fingerprint density at radius 1 is 0.875 bits per heavy atom. The zero-order valence-electron chi connectivity index (χ0n) is 16.5. The van der Waals surface area contributed by atoms with Gasteiger partial charge in [-0.05, 0) is 30.3 Å². The summed E-state index contributed by atoms with van der Waals surface area (Å²) in [5.41, 5.74) is 11.5. The molecule has 0 atom stereocenters. The topological polar surface area (TPSA) is 122 Å². The van der Waals surface area contributed by atoms with Crippen LogP contribution in [0.3, 0.4) is 0 Å². The normalized spacial score (nSPS) is 11.4. The van der Waals surface area contributed by atoms with E-state index in [1.165, 1.54) is 12.3 Å². The predicted molar refractivity (Wildman–Crippen MR) is 120 cm³/mol. The van der Waals surface area contributed by atoms with Gasteiger partial charge in [0.05, 0.1) is 22.4 Å². The van der Waals surface area contributed by atoms with Crippen molar-refractivity contribution < 1.29 is 4.39 Å². The van der Waals surface area contributed by atoms with Crippen LogP contribution in [0.25, 0.3) is 55.8 Å². The second-order valence-corrected chi connectivity index (χ2v) is 7.34. The predicted octanol–water partition coefficient (Wildman–Crippen LogP) is 4.35. The first kappa shape index (κ1) is 18.1. The second-order valence-electron chi connectivity index (χ2n) is 7.34. The third-order valence-electron chi connectivity index (χ3n) is 5.28. The van der Waals surface area contributed by atoms with E-state index in [1.54, 1.807) is 36.9 Å². The zero-order chi connectivity index (χ0) is 21.7. The highest BCUT2D eigenvalue weighted by Crippen LogP contribution is 2.33. The fraction of sp³-hybridized carbons (Fsp3) is 0. The molecular formula is C23H15FN8. The minimum absolute atomic E-state index is 0.383. The van der Waals surface area contributed by atoms with Crippen molar-refractivity contribution in [1.29, 1.82) is 0 Å². The average molecular weight is 422 g/mol. The number of anilines is 1. The number of aromatic amines is 2. The number of pyridine rings is 3. The lowest BCUT2D eigenvalue weighted by atomic mass is 10.0. The van der Waals surface area contributed by atoms with Crippen LogP contribution >= 0.6 is 0 Å². The van der Waals surface area contributed by atoms with Crippen molar-refractivity contribution in [2.75, 3.05) is 5.73 Å². The van der Waals surface area contributed by atoms with Crippen LogP contribution in [0.2, 0.25) is 0 Å².